The summed E-state index contributed by atoms with van der Waals surface area (Å²) in [5, 5.41) is 4.96. The highest BCUT2D eigenvalue weighted by Gasteiger charge is 2.07. The predicted molar refractivity (Wildman–Crippen MR) is 75.7 cm³/mol. The van der Waals surface area contributed by atoms with Crippen molar-refractivity contribution in [3.05, 3.63) is 53.0 Å². The maximum absolute atomic E-state index is 5.32. The second kappa shape index (κ2) is 4.04. The Balaban J connectivity index is 2.49. The van der Waals surface area contributed by atoms with Gasteiger partial charge < -0.3 is 4.74 Å². The first kappa shape index (κ1) is 10.6. The van der Waals surface area contributed by atoms with Crippen molar-refractivity contribution < 1.29 is 4.74 Å². The van der Waals surface area contributed by atoms with E-state index in [1.807, 2.05) is 6.07 Å². The van der Waals surface area contributed by atoms with Crippen LogP contribution in [0.1, 0.15) is 0 Å². The number of rotatable bonds is 1. The number of ether oxygens (including phenoxy) is 1. The Hall–Kier alpha value is -1.54. The Labute approximate surface area is 108 Å². The fourth-order valence-corrected chi connectivity index (χ4v) is 2.83. The molecule has 0 aliphatic carbocycles. The van der Waals surface area contributed by atoms with Crippen molar-refractivity contribution in [1.29, 1.82) is 0 Å². The molecule has 0 amide bonds. The van der Waals surface area contributed by atoms with E-state index in [9.17, 15) is 0 Å². The molecule has 0 bridgehead atoms. The summed E-state index contributed by atoms with van der Waals surface area (Å²) in [6.45, 7) is 0. The van der Waals surface area contributed by atoms with Gasteiger partial charge in [-0.2, -0.15) is 0 Å². The molecule has 0 aromatic heterocycles. The van der Waals surface area contributed by atoms with Gasteiger partial charge in [0.2, 0.25) is 0 Å². The van der Waals surface area contributed by atoms with Gasteiger partial charge in [0.05, 0.1) is 11.6 Å². The molecule has 0 radical (unpaired) electrons. The molecule has 17 heavy (non-hydrogen) atoms. The van der Waals surface area contributed by atoms with Crippen molar-refractivity contribution >= 4 is 37.5 Å². The minimum Gasteiger partial charge on any atom is -0.496 e. The Morgan fingerprint density at radius 2 is 1.59 bits per heavy atom. The van der Waals surface area contributed by atoms with Gasteiger partial charge in [-0.05, 0) is 44.2 Å². The predicted octanol–water partition coefficient (Wildman–Crippen LogP) is 4.76. The molecule has 0 saturated carbocycles. The third-order valence-electron chi connectivity index (χ3n) is 3.04. The summed E-state index contributed by atoms with van der Waals surface area (Å²) in [5.74, 6) is 0.868. The molecule has 0 aliphatic heterocycles. The van der Waals surface area contributed by atoms with E-state index in [1.54, 1.807) is 7.11 Å². The average molecular weight is 287 g/mol. The van der Waals surface area contributed by atoms with E-state index in [-0.39, 0.29) is 0 Å². The maximum Gasteiger partial charge on any atom is 0.133 e. The van der Waals surface area contributed by atoms with Crippen molar-refractivity contribution in [3.63, 3.8) is 0 Å². The third-order valence-corrected chi connectivity index (χ3v) is 3.86. The van der Waals surface area contributed by atoms with E-state index in [4.69, 9.17) is 4.74 Å². The molecule has 0 spiro atoms. The van der Waals surface area contributed by atoms with Crippen molar-refractivity contribution in [2.45, 2.75) is 0 Å². The molecule has 0 N–H and O–H groups in total. The van der Waals surface area contributed by atoms with Crippen molar-refractivity contribution in [3.8, 4) is 5.75 Å². The normalized spacial score (nSPS) is 10.9. The van der Waals surface area contributed by atoms with Crippen LogP contribution >= 0.6 is 15.9 Å². The topological polar surface area (TPSA) is 9.23 Å². The first-order valence-corrected chi connectivity index (χ1v) is 6.24. The molecule has 2 heteroatoms. The van der Waals surface area contributed by atoms with Gasteiger partial charge in [0.15, 0.2) is 0 Å². The van der Waals surface area contributed by atoms with Crippen molar-refractivity contribution in [1.82, 2.24) is 0 Å². The monoisotopic (exact) mass is 286 g/mol. The molecule has 3 aromatic carbocycles. The minimum absolute atomic E-state index is 0.868. The fraction of sp³-hybridized carbons (Fsp3) is 0.0667. The molecule has 0 fully saturated rings. The van der Waals surface area contributed by atoms with Gasteiger partial charge in [0.25, 0.3) is 0 Å². The lowest BCUT2D eigenvalue weighted by Gasteiger charge is -2.09. The number of hydrogen-bond acceptors (Lipinski definition) is 1. The summed E-state index contributed by atoms with van der Waals surface area (Å²) < 4.78 is 6.34. The van der Waals surface area contributed by atoms with Gasteiger partial charge in [-0.3, -0.25) is 0 Å². The highest BCUT2D eigenvalue weighted by molar-refractivity contribution is 9.10. The molecule has 0 unspecified atom stereocenters. The van der Waals surface area contributed by atoms with E-state index in [2.05, 4.69) is 58.4 Å². The zero-order chi connectivity index (χ0) is 11.8. The molecule has 0 heterocycles. The van der Waals surface area contributed by atoms with Gasteiger partial charge in [-0.1, -0.05) is 36.4 Å². The average Bonchev–Trinajstić information content (AvgIpc) is 2.39. The van der Waals surface area contributed by atoms with Crippen LogP contribution in [0, 0.1) is 0 Å². The third kappa shape index (κ3) is 1.60. The fourth-order valence-electron chi connectivity index (χ4n) is 2.19. The summed E-state index contributed by atoms with van der Waals surface area (Å²) in [6.07, 6.45) is 0. The first-order valence-electron chi connectivity index (χ1n) is 5.45. The molecule has 0 atom stereocenters. The van der Waals surface area contributed by atoms with E-state index < -0.39 is 0 Å². The van der Waals surface area contributed by atoms with Crippen LogP contribution in [0.5, 0.6) is 5.75 Å². The summed E-state index contributed by atoms with van der Waals surface area (Å²) >= 11 is 3.60. The molecule has 0 aliphatic rings. The van der Waals surface area contributed by atoms with E-state index in [0.29, 0.717) is 0 Å². The molecular formula is C15H11BrO. The molecule has 1 nitrogen and oxygen atoms in total. The standard InChI is InChI=1S/C15H11BrO/c1-17-14-9-8-12-11-5-3-2-4-10(11)6-7-13(12)15(14)16/h2-9H,1H3. The lowest BCUT2D eigenvalue weighted by Crippen LogP contribution is -1.86. The van der Waals surface area contributed by atoms with Crippen LogP contribution in [0.25, 0.3) is 21.5 Å². The Kier molecular flexibility index (Phi) is 2.52. The van der Waals surface area contributed by atoms with Gasteiger partial charge in [0, 0.05) is 5.39 Å². The van der Waals surface area contributed by atoms with Crippen LogP contribution in [0.15, 0.2) is 53.0 Å². The number of halogens is 1. The summed E-state index contributed by atoms with van der Waals surface area (Å²) in [5.41, 5.74) is 0. The van der Waals surface area contributed by atoms with Gasteiger partial charge in [-0.25, -0.2) is 0 Å². The van der Waals surface area contributed by atoms with E-state index in [0.717, 1.165) is 10.2 Å². The summed E-state index contributed by atoms with van der Waals surface area (Å²) in [7, 11) is 1.69. The highest BCUT2D eigenvalue weighted by atomic mass is 79.9. The SMILES string of the molecule is COc1ccc2c(ccc3ccccc32)c1Br. The number of fused-ring (bicyclic) bond motifs is 3. The summed E-state index contributed by atoms with van der Waals surface area (Å²) in [6, 6.07) is 16.8. The molecule has 0 saturated heterocycles. The first-order chi connectivity index (χ1) is 8.31. The highest BCUT2D eigenvalue weighted by Crippen LogP contribution is 2.36. The lowest BCUT2D eigenvalue weighted by atomic mass is 10.0. The van der Waals surface area contributed by atoms with Crippen LogP contribution in [0.2, 0.25) is 0 Å². The van der Waals surface area contributed by atoms with Gasteiger partial charge in [0.1, 0.15) is 5.75 Å². The van der Waals surface area contributed by atoms with Crippen LogP contribution in [0.3, 0.4) is 0 Å². The smallest absolute Gasteiger partial charge is 0.133 e. The minimum atomic E-state index is 0.868. The molecule has 3 rings (SSSR count). The van der Waals surface area contributed by atoms with Gasteiger partial charge in [-0.15, -0.1) is 0 Å². The van der Waals surface area contributed by atoms with Crippen molar-refractivity contribution in [2.24, 2.45) is 0 Å². The van der Waals surface area contributed by atoms with Crippen LogP contribution < -0.4 is 4.74 Å². The zero-order valence-electron chi connectivity index (χ0n) is 9.41. The Morgan fingerprint density at radius 3 is 2.41 bits per heavy atom. The maximum atomic E-state index is 5.32. The van der Waals surface area contributed by atoms with Crippen LogP contribution in [-0.2, 0) is 0 Å². The number of methoxy groups -OCH3 is 1. The lowest BCUT2D eigenvalue weighted by molar-refractivity contribution is 0.413. The van der Waals surface area contributed by atoms with Crippen molar-refractivity contribution in [2.75, 3.05) is 7.11 Å². The van der Waals surface area contributed by atoms with Crippen LogP contribution in [-0.4, -0.2) is 7.11 Å². The van der Waals surface area contributed by atoms with Crippen LogP contribution in [0.4, 0.5) is 0 Å². The quantitative estimate of drug-likeness (QED) is 0.586. The second-order valence-electron chi connectivity index (χ2n) is 3.96. The number of benzene rings is 3. The summed E-state index contributed by atoms with van der Waals surface area (Å²) in [4.78, 5) is 0. The molecule has 3 aromatic rings. The second-order valence-corrected chi connectivity index (χ2v) is 4.76. The largest absolute Gasteiger partial charge is 0.496 e. The van der Waals surface area contributed by atoms with E-state index in [1.165, 1.54) is 21.5 Å². The number of hydrogen-bond donors (Lipinski definition) is 0. The Morgan fingerprint density at radius 1 is 0.824 bits per heavy atom. The van der Waals surface area contributed by atoms with Gasteiger partial charge >= 0.3 is 0 Å². The molecule has 84 valence electrons. The Bertz CT molecular complexity index is 704. The van der Waals surface area contributed by atoms with E-state index >= 15 is 0 Å². The zero-order valence-corrected chi connectivity index (χ0v) is 11.0. The molecular weight excluding hydrogens is 276 g/mol.